The van der Waals surface area contributed by atoms with Crippen LogP contribution in [-0.2, 0) is 47.1 Å². The molecule has 0 heterocycles. The maximum atomic E-state index is 11.0. The van der Waals surface area contributed by atoms with Crippen LogP contribution >= 0.6 is 0 Å². The number of hydrogen-bond acceptors (Lipinski definition) is 6. The topological polar surface area (TPSA) is 112 Å². The molecule has 0 aromatic carbocycles. The average Bonchev–Trinajstić information content (AvgIpc) is 2.38. The van der Waals surface area contributed by atoms with Crippen LogP contribution in [-0.4, -0.2) is 32.7 Å². The standard InChI is InChI=1S/3C9H16O2.Y/c3*1-7(10)5-8(11)6-9(2,3)4;/h3*5,10H,6H2,1-4H3;/b7-5+;2*7-5-;. The number of aliphatic hydroxyl groups is 3. The van der Waals surface area contributed by atoms with Crippen LogP contribution in [0.2, 0.25) is 0 Å². The van der Waals surface area contributed by atoms with Crippen molar-refractivity contribution in [1.29, 1.82) is 0 Å². The summed E-state index contributed by atoms with van der Waals surface area (Å²) in [7, 11) is 0. The molecule has 6 nitrogen and oxygen atoms in total. The third-order valence-electron chi connectivity index (χ3n) is 3.22. The first-order valence-electron chi connectivity index (χ1n) is 11.1. The van der Waals surface area contributed by atoms with Crippen molar-refractivity contribution in [3.8, 4) is 0 Å². The van der Waals surface area contributed by atoms with Crippen LogP contribution in [0, 0.1) is 16.2 Å². The summed E-state index contributed by atoms with van der Waals surface area (Å²) in [6, 6.07) is 0. The first-order chi connectivity index (χ1) is 14.4. The van der Waals surface area contributed by atoms with Crippen LogP contribution in [0.5, 0.6) is 0 Å². The van der Waals surface area contributed by atoms with Crippen LogP contribution in [0.3, 0.4) is 0 Å². The van der Waals surface area contributed by atoms with Gasteiger partial charge in [0, 0.05) is 70.2 Å². The fourth-order valence-corrected chi connectivity index (χ4v) is 2.42. The molecule has 0 aliphatic rings. The zero-order valence-corrected chi connectivity index (χ0v) is 26.3. The van der Waals surface area contributed by atoms with Gasteiger partial charge in [0.1, 0.15) is 0 Å². The van der Waals surface area contributed by atoms with E-state index in [1.807, 2.05) is 62.3 Å². The number of aliphatic hydroxyl groups excluding tert-OH is 3. The first kappa shape index (κ1) is 39.9. The number of rotatable bonds is 6. The molecule has 3 N–H and O–H groups in total. The van der Waals surface area contributed by atoms with E-state index >= 15 is 0 Å². The van der Waals surface area contributed by atoms with Gasteiger partial charge in [0.25, 0.3) is 0 Å². The molecule has 0 saturated heterocycles. The van der Waals surface area contributed by atoms with Crippen molar-refractivity contribution < 1.29 is 62.4 Å². The van der Waals surface area contributed by atoms with Crippen molar-refractivity contribution in [2.45, 2.75) is 102 Å². The third kappa shape index (κ3) is 41.0. The van der Waals surface area contributed by atoms with Crippen LogP contribution in [0.4, 0.5) is 0 Å². The van der Waals surface area contributed by atoms with Gasteiger partial charge < -0.3 is 15.3 Å². The molecule has 34 heavy (non-hydrogen) atoms. The quantitative estimate of drug-likeness (QED) is 0.232. The summed E-state index contributed by atoms with van der Waals surface area (Å²) >= 11 is 0. The fourth-order valence-electron chi connectivity index (χ4n) is 2.42. The van der Waals surface area contributed by atoms with E-state index in [1.54, 1.807) is 0 Å². The molecule has 0 aliphatic heterocycles. The van der Waals surface area contributed by atoms with Crippen molar-refractivity contribution in [3.63, 3.8) is 0 Å². The minimum atomic E-state index is -0.0162. The van der Waals surface area contributed by atoms with E-state index in [0.29, 0.717) is 19.3 Å². The van der Waals surface area contributed by atoms with Gasteiger partial charge in [-0.25, -0.2) is 0 Å². The van der Waals surface area contributed by atoms with E-state index in [9.17, 15) is 14.4 Å². The molecule has 1 radical (unpaired) electrons. The summed E-state index contributed by atoms with van der Waals surface area (Å²) in [5, 5.41) is 26.3. The van der Waals surface area contributed by atoms with Gasteiger partial charge in [-0.3, -0.25) is 14.4 Å². The molecule has 0 fully saturated rings. The molecule has 0 aromatic rings. The van der Waals surface area contributed by atoms with Gasteiger partial charge in [-0.2, -0.15) is 0 Å². The molecule has 195 valence electrons. The summed E-state index contributed by atoms with van der Waals surface area (Å²) in [6.07, 6.45) is 5.24. The summed E-state index contributed by atoms with van der Waals surface area (Å²) in [6.45, 7) is 22.4. The Kier molecular flexibility index (Phi) is 21.2. The Labute approximate surface area is 232 Å². The van der Waals surface area contributed by atoms with Crippen molar-refractivity contribution in [3.05, 3.63) is 35.5 Å². The number of carbonyl (C=O) groups excluding carboxylic acids is 3. The molecule has 0 amide bonds. The van der Waals surface area contributed by atoms with Crippen molar-refractivity contribution in [2.75, 3.05) is 0 Å². The Morgan fingerprint density at radius 1 is 0.500 bits per heavy atom. The van der Waals surface area contributed by atoms with Crippen molar-refractivity contribution in [1.82, 2.24) is 0 Å². The van der Waals surface area contributed by atoms with E-state index in [4.69, 9.17) is 15.3 Å². The molecular formula is C27H48O6Y. The second-order valence-electron chi connectivity index (χ2n) is 12.0. The molecular weight excluding hydrogens is 509 g/mol. The third-order valence-corrected chi connectivity index (χ3v) is 3.22. The Balaban J connectivity index is -0.000000196. The van der Waals surface area contributed by atoms with Crippen LogP contribution in [0.25, 0.3) is 0 Å². The maximum absolute atomic E-state index is 11.0. The van der Waals surface area contributed by atoms with Crippen LogP contribution < -0.4 is 0 Å². The molecule has 0 saturated carbocycles. The predicted molar refractivity (Wildman–Crippen MR) is 136 cm³/mol. The van der Waals surface area contributed by atoms with Gasteiger partial charge in [0.15, 0.2) is 17.3 Å². The summed E-state index contributed by atoms with van der Waals surface area (Å²) < 4.78 is 0. The zero-order valence-electron chi connectivity index (χ0n) is 23.5. The van der Waals surface area contributed by atoms with Gasteiger partial charge >= 0.3 is 0 Å². The van der Waals surface area contributed by atoms with Gasteiger partial charge in [-0.05, 0) is 37.0 Å². The average molecular weight is 558 g/mol. The van der Waals surface area contributed by atoms with Gasteiger partial charge in [0.2, 0.25) is 0 Å². The second-order valence-corrected chi connectivity index (χ2v) is 12.0. The van der Waals surface area contributed by atoms with E-state index in [1.165, 1.54) is 39.0 Å². The number of carbonyl (C=O) groups is 3. The smallest absolute Gasteiger partial charge is 0.159 e. The largest absolute Gasteiger partial charge is 0.512 e. The van der Waals surface area contributed by atoms with Crippen LogP contribution in [0.1, 0.15) is 102 Å². The predicted octanol–water partition coefficient (Wildman–Crippen LogP) is 7.36. The molecule has 0 aromatic heterocycles. The Morgan fingerprint density at radius 2 is 0.647 bits per heavy atom. The number of ketones is 3. The maximum Gasteiger partial charge on any atom is 0.159 e. The molecule has 0 bridgehead atoms. The van der Waals surface area contributed by atoms with E-state index in [0.717, 1.165) is 0 Å². The number of allylic oxidation sites excluding steroid dienone is 6. The minimum absolute atomic E-state index is 0. The van der Waals surface area contributed by atoms with Crippen molar-refractivity contribution >= 4 is 17.3 Å². The number of hydrogen-bond donors (Lipinski definition) is 3. The Bertz CT molecular complexity index is 612. The van der Waals surface area contributed by atoms with Gasteiger partial charge in [-0.15, -0.1) is 0 Å². The van der Waals surface area contributed by atoms with Gasteiger partial charge in [-0.1, -0.05) is 62.3 Å². The molecule has 7 heteroatoms. The Morgan fingerprint density at radius 3 is 0.735 bits per heavy atom. The molecule has 0 spiro atoms. The second kappa shape index (κ2) is 18.1. The minimum Gasteiger partial charge on any atom is -0.512 e. The zero-order chi connectivity index (χ0) is 27.2. The molecule has 0 unspecified atom stereocenters. The summed E-state index contributed by atoms with van der Waals surface area (Å²) in [4.78, 5) is 33.1. The summed E-state index contributed by atoms with van der Waals surface area (Å²) in [5.41, 5.74) is 0.00903. The van der Waals surface area contributed by atoms with Crippen molar-refractivity contribution in [2.24, 2.45) is 16.2 Å². The van der Waals surface area contributed by atoms with E-state index in [-0.39, 0.29) is 83.6 Å². The molecule has 0 rings (SSSR count). The SMILES string of the molecule is C/C(O)=C/C(=O)CC(C)(C)C.C/C(O)=C/C(=O)CC(C)(C)C.C/C(O)=C\C(=O)CC(C)(C)C.[Y]. The molecule has 0 atom stereocenters. The first-order valence-corrected chi connectivity index (χ1v) is 11.1. The molecule has 0 aliphatic carbocycles. The van der Waals surface area contributed by atoms with Gasteiger partial charge in [0.05, 0.1) is 17.3 Å². The Hall–Kier alpha value is -1.27. The monoisotopic (exact) mass is 557 g/mol. The van der Waals surface area contributed by atoms with Crippen LogP contribution in [0.15, 0.2) is 35.5 Å². The fraction of sp³-hybridized carbons (Fsp3) is 0.667. The van der Waals surface area contributed by atoms with E-state index in [2.05, 4.69) is 0 Å². The summed E-state index contributed by atoms with van der Waals surface area (Å²) in [5.74, 6) is 0.199. The normalized spacial score (nSPS) is 12.9. The van der Waals surface area contributed by atoms with E-state index < -0.39 is 0 Å².